The van der Waals surface area contributed by atoms with E-state index >= 15 is 0 Å². The number of methoxy groups -OCH3 is 1. The average Bonchev–Trinajstić information content (AvgIpc) is 2.70. The van der Waals surface area contributed by atoms with Crippen molar-refractivity contribution in [3.63, 3.8) is 0 Å². The van der Waals surface area contributed by atoms with E-state index in [9.17, 15) is 4.79 Å². The van der Waals surface area contributed by atoms with Crippen molar-refractivity contribution < 1.29 is 14.3 Å². The molecule has 0 aliphatic carbocycles. The number of ether oxygens (including phenoxy) is 2. The van der Waals surface area contributed by atoms with Crippen LogP contribution in [-0.4, -0.2) is 44.2 Å². The highest BCUT2D eigenvalue weighted by atomic mass is 35.5. The number of amides is 1. The maximum absolute atomic E-state index is 12.2. The molecule has 0 spiro atoms. The Morgan fingerprint density at radius 1 is 1.07 bits per heavy atom. The lowest BCUT2D eigenvalue weighted by Gasteiger charge is -2.30. The fourth-order valence-corrected chi connectivity index (χ4v) is 3.19. The molecule has 6 heteroatoms. The van der Waals surface area contributed by atoms with Gasteiger partial charge in [0.1, 0.15) is 11.5 Å². The van der Waals surface area contributed by atoms with E-state index in [-0.39, 0.29) is 18.6 Å². The first-order chi connectivity index (χ1) is 13.1. The quantitative estimate of drug-likeness (QED) is 0.667. The summed E-state index contributed by atoms with van der Waals surface area (Å²) in [6.07, 6.45) is 0. The first kappa shape index (κ1) is 21.1. The van der Waals surface area contributed by atoms with Gasteiger partial charge in [-0.05, 0) is 49.0 Å². The van der Waals surface area contributed by atoms with Crippen molar-refractivity contribution in [2.45, 2.75) is 19.9 Å². The molecule has 1 amide bonds. The first-order valence-electron chi connectivity index (χ1n) is 9.11. The minimum Gasteiger partial charge on any atom is -0.497 e. The summed E-state index contributed by atoms with van der Waals surface area (Å²) < 4.78 is 10.6. The van der Waals surface area contributed by atoms with Crippen LogP contribution in [0.4, 0.5) is 0 Å². The van der Waals surface area contributed by atoms with Crippen molar-refractivity contribution >= 4 is 17.5 Å². The van der Waals surface area contributed by atoms with Crippen molar-refractivity contribution in [2.75, 3.05) is 33.4 Å². The van der Waals surface area contributed by atoms with Gasteiger partial charge < -0.3 is 14.8 Å². The molecular weight excluding hydrogens is 364 g/mol. The maximum atomic E-state index is 12.2. The van der Waals surface area contributed by atoms with Gasteiger partial charge >= 0.3 is 0 Å². The van der Waals surface area contributed by atoms with Crippen molar-refractivity contribution in [1.29, 1.82) is 0 Å². The van der Waals surface area contributed by atoms with Crippen LogP contribution >= 0.6 is 11.6 Å². The highest BCUT2D eigenvalue weighted by Crippen LogP contribution is 2.27. The van der Waals surface area contributed by atoms with E-state index in [1.807, 2.05) is 24.3 Å². The lowest BCUT2D eigenvalue weighted by atomic mass is 10.0. The molecule has 0 aliphatic rings. The number of likely N-dealkylation sites (N-methyl/N-ethyl adjacent to an activating group) is 1. The molecule has 0 unspecified atom stereocenters. The molecule has 0 bridgehead atoms. The van der Waals surface area contributed by atoms with Gasteiger partial charge in [-0.15, -0.1) is 0 Å². The van der Waals surface area contributed by atoms with Gasteiger partial charge in [0, 0.05) is 11.6 Å². The molecule has 0 aliphatic heterocycles. The molecule has 27 heavy (non-hydrogen) atoms. The molecule has 2 rings (SSSR count). The largest absolute Gasteiger partial charge is 0.497 e. The Labute approximate surface area is 166 Å². The number of nitrogens with one attached hydrogen (secondary N) is 1. The van der Waals surface area contributed by atoms with Crippen LogP contribution in [0.5, 0.6) is 11.5 Å². The van der Waals surface area contributed by atoms with E-state index in [2.05, 4.69) is 24.1 Å². The molecule has 0 radical (unpaired) electrons. The number of halogens is 1. The monoisotopic (exact) mass is 390 g/mol. The minimum atomic E-state index is -0.171. The Balaban J connectivity index is 1.95. The molecular formula is C21H27ClN2O3. The minimum absolute atomic E-state index is 0.0126. The van der Waals surface area contributed by atoms with Crippen molar-refractivity contribution in [3.8, 4) is 11.5 Å². The van der Waals surface area contributed by atoms with Gasteiger partial charge in [0.2, 0.25) is 0 Å². The van der Waals surface area contributed by atoms with Crippen LogP contribution in [0.1, 0.15) is 25.5 Å². The topological polar surface area (TPSA) is 50.8 Å². The molecule has 2 aromatic rings. The van der Waals surface area contributed by atoms with Gasteiger partial charge in [0.05, 0.1) is 13.2 Å². The zero-order chi connectivity index (χ0) is 19.6. The van der Waals surface area contributed by atoms with E-state index in [0.717, 1.165) is 24.4 Å². The lowest BCUT2D eigenvalue weighted by Crippen LogP contribution is -2.39. The van der Waals surface area contributed by atoms with Gasteiger partial charge in [0.15, 0.2) is 6.61 Å². The van der Waals surface area contributed by atoms with Crippen LogP contribution in [0.2, 0.25) is 5.02 Å². The highest BCUT2D eigenvalue weighted by molar-refractivity contribution is 6.31. The molecule has 0 aromatic heterocycles. The summed E-state index contributed by atoms with van der Waals surface area (Å²) in [6.45, 7) is 6.36. The number of carbonyl (C=O) groups is 1. The van der Waals surface area contributed by atoms with Crippen LogP contribution in [-0.2, 0) is 4.79 Å². The SMILES string of the molecule is CCN(CC)[C@@H](CNC(=O)COc1ccc(OC)cc1)c1ccccc1Cl. The van der Waals surface area contributed by atoms with Crippen LogP contribution in [0, 0.1) is 0 Å². The zero-order valence-electron chi connectivity index (χ0n) is 16.1. The molecule has 5 nitrogen and oxygen atoms in total. The summed E-state index contributed by atoms with van der Waals surface area (Å²) in [5.74, 6) is 1.20. The van der Waals surface area contributed by atoms with Crippen LogP contribution < -0.4 is 14.8 Å². The molecule has 1 atom stereocenters. The molecule has 0 heterocycles. The van der Waals surface area contributed by atoms with Crippen molar-refractivity contribution in [2.24, 2.45) is 0 Å². The molecule has 1 N–H and O–H groups in total. The average molecular weight is 391 g/mol. The second kappa shape index (κ2) is 10.8. The first-order valence-corrected chi connectivity index (χ1v) is 9.48. The number of hydrogen-bond donors (Lipinski definition) is 1. The summed E-state index contributed by atoms with van der Waals surface area (Å²) in [7, 11) is 1.61. The summed E-state index contributed by atoms with van der Waals surface area (Å²) in [5, 5.41) is 3.67. The van der Waals surface area contributed by atoms with E-state index in [1.165, 1.54) is 0 Å². The Morgan fingerprint density at radius 2 is 1.70 bits per heavy atom. The van der Waals surface area contributed by atoms with Crippen molar-refractivity contribution in [1.82, 2.24) is 10.2 Å². The number of carbonyl (C=O) groups excluding carboxylic acids is 1. The fraction of sp³-hybridized carbons (Fsp3) is 0.381. The third-order valence-corrected chi connectivity index (χ3v) is 4.78. The number of benzene rings is 2. The third kappa shape index (κ3) is 6.15. The summed E-state index contributed by atoms with van der Waals surface area (Å²) in [4.78, 5) is 14.5. The normalized spacial score (nSPS) is 11.9. The van der Waals surface area contributed by atoms with E-state index in [1.54, 1.807) is 31.4 Å². The second-order valence-corrected chi connectivity index (χ2v) is 6.43. The molecule has 146 valence electrons. The van der Waals surface area contributed by atoms with E-state index < -0.39 is 0 Å². The lowest BCUT2D eigenvalue weighted by molar-refractivity contribution is -0.123. The molecule has 0 saturated carbocycles. The number of rotatable bonds is 10. The van der Waals surface area contributed by atoms with Gasteiger partial charge in [0.25, 0.3) is 5.91 Å². The smallest absolute Gasteiger partial charge is 0.258 e. The van der Waals surface area contributed by atoms with Crippen LogP contribution in [0.15, 0.2) is 48.5 Å². The van der Waals surface area contributed by atoms with Gasteiger partial charge in [-0.25, -0.2) is 0 Å². The summed E-state index contributed by atoms with van der Waals surface area (Å²) in [5.41, 5.74) is 1.01. The maximum Gasteiger partial charge on any atom is 0.258 e. The summed E-state index contributed by atoms with van der Waals surface area (Å²) in [6, 6.07) is 14.9. The Morgan fingerprint density at radius 3 is 2.30 bits per heavy atom. The highest BCUT2D eigenvalue weighted by Gasteiger charge is 2.21. The third-order valence-electron chi connectivity index (χ3n) is 4.44. The van der Waals surface area contributed by atoms with Gasteiger partial charge in [-0.1, -0.05) is 43.6 Å². The van der Waals surface area contributed by atoms with E-state index in [4.69, 9.17) is 21.1 Å². The molecule has 0 saturated heterocycles. The van der Waals surface area contributed by atoms with E-state index in [0.29, 0.717) is 17.3 Å². The Kier molecular flexibility index (Phi) is 8.43. The predicted molar refractivity (Wildman–Crippen MR) is 109 cm³/mol. The Bertz CT molecular complexity index is 718. The Hall–Kier alpha value is -2.24. The molecule has 0 fully saturated rings. The number of nitrogens with zero attached hydrogens (tertiary/aromatic N) is 1. The predicted octanol–water partition coefficient (Wildman–Crippen LogP) is 3.93. The zero-order valence-corrected chi connectivity index (χ0v) is 16.8. The fourth-order valence-electron chi connectivity index (χ4n) is 2.93. The van der Waals surface area contributed by atoms with Gasteiger partial charge in [-0.2, -0.15) is 0 Å². The molecule has 2 aromatic carbocycles. The standard InChI is InChI=1S/C21H27ClN2O3/c1-4-24(5-2)20(18-8-6-7-9-19(18)22)14-23-21(25)15-27-17-12-10-16(26-3)11-13-17/h6-13,20H,4-5,14-15H2,1-3H3,(H,23,25)/t20-/m0/s1. The van der Waals surface area contributed by atoms with Crippen LogP contribution in [0.3, 0.4) is 0 Å². The van der Waals surface area contributed by atoms with Gasteiger partial charge in [-0.3, -0.25) is 9.69 Å². The number of hydrogen-bond acceptors (Lipinski definition) is 4. The second-order valence-electron chi connectivity index (χ2n) is 6.03. The summed E-state index contributed by atoms with van der Waals surface area (Å²) >= 11 is 6.38. The van der Waals surface area contributed by atoms with Crippen molar-refractivity contribution in [3.05, 3.63) is 59.1 Å². The van der Waals surface area contributed by atoms with Crippen LogP contribution in [0.25, 0.3) is 0 Å².